The molecule has 0 heterocycles. The maximum absolute atomic E-state index is 6.44. The smallest absolute Gasteiger partial charge is 0.180 e. The van der Waals surface area contributed by atoms with Crippen LogP contribution in [0.4, 0.5) is 5.69 Å². The number of hydrogen-bond acceptors (Lipinski definition) is 3. The van der Waals surface area contributed by atoms with Crippen LogP contribution in [0.2, 0.25) is 15.1 Å². The van der Waals surface area contributed by atoms with Crippen LogP contribution in [0, 0.1) is 6.92 Å². The molecule has 28 heavy (non-hydrogen) atoms. The summed E-state index contributed by atoms with van der Waals surface area (Å²) in [5.74, 6) is 0.965. The molecular formula is C22H18Cl3NO2. The first-order valence-corrected chi connectivity index (χ1v) is 9.65. The Balaban J connectivity index is 1.82. The number of benzene rings is 3. The quantitative estimate of drug-likeness (QED) is 0.381. The Bertz CT molecular complexity index is 1020. The molecule has 0 bridgehead atoms. The number of halogens is 3. The molecule has 0 aliphatic rings. The van der Waals surface area contributed by atoms with E-state index < -0.39 is 0 Å². The monoisotopic (exact) mass is 433 g/mol. The third-order valence-electron chi connectivity index (χ3n) is 4.11. The first kappa shape index (κ1) is 20.5. The summed E-state index contributed by atoms with van der Waals surface area (Å²) < 4.78 is 11.3. The summed E-state index contributed by atoms with van der Waals surface area (Å²) in [4.78, 5) is 4.53. The summed E-state index contributed by atoms with van der Waals surface area (Å²) in [6, 6.07) is 16.8. The topological polar surface area (TPSA) is 30.8 Å². The molecule has 0 radical (unpaired) electrons. The van der Waals surface area contributed by atoms with E-state index in [2.05, 4.69) is 4.99 Å². The van der Waals surface area contributed by atoms with Gasteiger partial charge < -0.3 is 9.47 Å². The summed E-state index contributed by atoms with van der Waals surface area (Å²) in [5, 5.41) is 1.53. The molecule has 0 N–H and O–H groups in total. The lowest BCUT2D eigenvalue weighted by Crippen LogP contribution is -2.00. The molecule has 0 aliphatic carbocycles. The number of ether oxygens (including phenoxy) is 2. The maximum atomic E-state index is 6.44. The second kappa shape index (κ2) is 9.33. The fourth-order valence-electron chi connectivity index (χ4n) is 2.60. The lowest BCUT2D eigenvalue weighted by Gasteiger charge is -2.14. The molecule has 3 rings (SSSR count). The minimum Gasteiger partial charge on any atom is -0.493 e. The molecular weight excluding hydrogens is 417 g/mol. The van der Waals surface area contributed by atoms with Crippen LogP contribution in [0.5, 0.6) is 11.5 Å². The standard InChI is InChI=1S/C22H18Cl3NO2/c1-14-5-3-4-6-20(14)26-12-15-9-19(25)22(21(10-15)27-2)28-13-16-7-8-17(23)11-18(16)24/h3-12H,13H2,1-2H3. The van der Waals surface area contributed by atoms with E-state index in [0.29, 0.717) is 26.6 Å². The Kier molecular flexibility index (Phi) is 6.84. The van der Waals surface area contributed by atoms with Crippen molar-refractivity contribution < 1.29 is 9.47 Å². The number of para-hydroxylation sites is 1. The molecule has 0 fully saturated rings. The highest BCUT2D eigenvalue weighted by molar-refractivity contribution is 6.35. The van der Waals surface area contributed by atoms with E-state index in [1.807, 2.05) is 43.3 Å². The Morgan fingerprint density at radius 3 is 2.46 bits per heavy atom. The maximum Gasteiger partial charge on any atom is 0.180 e. The number of nitrogens with zero attached hydrogens (tertiary/aromatic N) is 1. The second-order valence-electron chi connectivity index (χ2n) is 6.10. The largest absolute Gasteiger partial charge is 0.493 e. The molecule has 0 unspecified atom stereocenters. The van der Waals surface area contributed by atoms with Crippen molar-refractivity contribution in [2.45, 2.75) is 13.5 Å². The minimum absolute atomic E-state index is 0.239. The number of methoxy groups -OCH3 is 1. The van der Waals surface area contributed by atoms with Crippen LogP contribution in [0.25, 0.3) is 0 Å². The summed E-state index contributed by atoms with van der Waals surface area (Å²) in [6.07, 6.45) is 1.75. The van der Waals surface area contributed by atoms with Crippen molar-refractivity contribution in [1.29, 1.82) is 0 Å². The molecule has 0 saturated carbocycles. The molecule has 0 aliphatic heterocycles. The van der Waals surface area contributed by atoms with E-state index in [1.54, 1.807) is 31.5 Å². The molecule has 3 nitrogen and oxygen atoms in total. The molecule has 144 valence electrons. The van der Waals surface area contributed by atoms with Gasteiger partial charge in [-0.25, -0.2) is 0 Å². The first-order chi connectivity index (χ1) is 13.5. The van der Waals surface area contributed by atoms with Crippen LogP contribution in [0.3, 0.4) is 0 Å². The fourth-order valence-corrected chi connectivity index (χ4v) is 3.33. The summed E-state index contributed by atoms with van der Waals surface area (Å²) >= 11 is 18.6. The Labute approximate surface area is 179 Å². The highest BCUT2D eigenvalue weighted by atomic mass is 35.5. The van der Waals surface area contributed by atoms with Gasteiger partial charge in [-0.15, -0.1) is 0 Å². The Hall–Kier alpha value is -2.20. The molecule has 0 spiro atoms. The van der Waals surface area contributed by atoms with Gasteiger partial charge in [-0.3, -0.25) is 4.99 Å². The van der Waals surface area contributed by atoms with Gasteiger partial charge in [0.1, 0.15) is 6.61 Å². The molecule has 0 atom stereocenters. The van der Waals surface area contributed by atoms with Gasteiger partial charge in [-0.05, 0) is 48.4 Å². The third kappa shape index (κ3) is 4.99. The van der Waals surface area contributed by atoms with Crippen LogP contribution >= 0.6 is 34.8 Å². The van der Waals surface area contributed by atoms with Crippen molar-refractivity contribution in [3.63, 3.8) is 0 Å². The highest BCUT2D eigenvalue weighted by Gasteiger charge is 2.13. The predicted octanol–water partition coefficient (Wildman–Crippen LogP) is 7.29. The van der Waals surface area contributed by atoms with Gasteiger partial charge in [-0.2, -0.15) is 0 Å². The van der Waals surface area contributed by atoms with Gasteiger partial charge >= 0.3 is 0 Å². The first-order valence-electron chi connectivity index (χ1n) is 8.52. The Morgan fingerprint density at radius 2 is 1.75 bits per heavy atom. The third-order valence-corrected chi connectivity index (χ3v) is 4.97. The fraction of sp³-hybridized carbons (Fsp3) is 0.136. The van der Waals surface area contributed by atoms with Gasteiger partial charge in [0.2, 0.25) is 0 Å². The van der Waals surface area contributed by atoms with E-state index >= 15 is 0 Å². The summed E-state index contributed by atoms with van der Waals surface area (Å²) in [5.41, 5.74) is 3.60. The van der Waals surface area contributed by atoms with Crippen molar-refractivity contribution in [1.82, 2.24) is 0 Å². The van der Waals surface area contributed by atoms with Gasteiger partial charge in [0.15, 0.2) is 11.5 Å². The lowest BCUT2D eigenvalue weighted by atomic mass is 10.2. The van der Waals surface area contributed by atoms with Gasteiger partial charge in [0.25, 0.3) is 0 Å². The van der Waals surface area contributed by atoms with Crippen LogP contribution in [-0.4, -0.2) is 13.3 Å². The zero-order valence-corrected chi connectivity index (χ0v) is 17.6. The molecule has 6 heteroatoms. The zero-order chi connectivity index (χ0) is 20.1. The Morgan fingerprint density at radius 1 is 0.964 bits per heavy atom. The van der Waals surface area contributed by atoms with Gasteiger partial charge in [-0.1, -0.05) is 59.1 Å². The van der Waals surface area contributed by atoms with Crippen molar-refractivity contribution in [3.8, 4) is 11.5 Å². The van der Waals surface area contributed by atoms with E-state index in [0.717, 1.165) is 22.4 Å². The minimum atomic E-state index is 0.239. The van der Waals surface area contributed by atoms with Gasteiger partial charge in [0.05, 0.1) is 17.8 Å². The second-order valence-corrected chi connectivity index (χ2v) is 7.35. The molecule has 0 amide bonds. The molecule has 0 saturated heterocycles. The van der Waals surface area contributed by atoms with E-state index in [9.17, 15) is 0 Å². The van der Waals surface area contributed by atoms with E-state index in [-0.39, 0.29) is 6.61 Å². The lowest BCUT2D eigenvalue weighted by molar-refractivity contribution is 0.285. The number of rotatable bonds is 6. The van der Waals surface area contributed by atoms with Crippen molar-refractivity contribution in [2.75, 3.05) is 7.11 Å². The number of aryl methyl sites for hydroxylation is 1. The molecule has 3 aromatic carbocycles. The SMILES string of the molecule is COc1cc(C=Nc2ccccc2C)cc(Cl)c1OCc1ccc(Cl)cc1Cl. The predicted molar refractivity (Wildman–Crippen MR) is 117 cm³/mol. The van der Waals surface area contributed by atoms with Crippen LogP contribution in [-0.2, 0) is 6.61 Å². The van der Waals surface area contributed by atoms with Crippen LogP contribution in [0.1, 0.15) is 16.7 Å². The van der Waals surface area contributed by atoms with Crippen molar-refractivity contribution in [2.24, 2.45) is 4.99 Å². The highest BCUT2D eigenvalue weighted by Crippen LogP contribution is 2.37. The van der Waals surface area contributed by atoms with E-state index in [4.69, 9.17) is 44.3 Å². The number of hydrogen-bond donors (Lipinski definition) is 0. The number of aliphatic imine (C=N–C) groups is 1. The van der Waals surface area contributed by atoms with Crippen LogP contribution in [0.15, 0.2) is 59.6 Å². The normalized spacial score (nSPS) is 11.0. The summed E-state index contributed by atoms with van der Waals surface area (Å²) in [7, 11) is 1.57. The van der Waals surface area contributed by atoms with E-state index in [1.165, 1.54) is 0 Å². The van der Waals surface area contributed by atoms with Crippen LogP contribution < -0.4 is 9.47 Å². The van der Waals surface area contributed by atoms with Crippen molar-refractivity contribution >= 4 is 46.7 Å². The molecule has 3 aromatic rings. The average Bonchev–Trinajstić information content (AvgIpc) is 2.67. The average molecular weight is 435 g/mol. The molecule has 0 aromatic heterocycles. The van der Waals surface area contributed by atoms with Crippen molar-refractivity contribution in [3.05, 3.63) is 86.4 Å². The zero-order valence-electron chi connectivity index (χ0n) is 15.4. The summed E-state index contributed by atoms with van der Waals surface area (Å²) in [6.45, 7) is 2.25. The van der Waals surface area contributed by atoms with Gasteiger partial charge in [0, 0.05) is 21.8 Å².